The van der Waals surface area contributed by atoms with Crippen LogP contribution in [0.4, 0.5) is 9.59 Å². The van der Waals surface area contributed by atoms with E-state index in [1.165, 1.54) is 6.92 Å². The minimum absolute atomic E-state index is 0.00287. The smallest absolute Gasteiger partial charge is 0.425 e. The molecule has 9 heteroatoms. The van der Waals surface area contributed by atoms with Crippen molar-refractivity contribution in [3.63, 3.8) is 0 Å². The maximum atomic E-state index is 12.2. The minimum Gasteiger partial charge on any atom is -0.477 e. The molecule has 4 amide bonds. The molecule has 0 aromatic rings. The zero-order valence-electron chi connectivity index (χ0n) is 13.8. The Morgan fingerprint density at radius 2 is 1.96 bits per heavy atom. The summed E-state index contributed by atoms with van der Waals surface area (Å²) in [6, 6.07) is -1.34. The lowest BCUT2D eigenvalue weighted by molar-refractivity contribution is -0.760. The van der Waals surface area contributed by atoms with Crippen LogP contribution >= 0.6 is 0 Å². The zero-order valence-corrected chi connectivity index (χ0v) is 13.8. The maximum Gasteiger partial charge on any atom is 0.425 e. The Hall–Kier alpha value is -2.16. The number of carboxylic acids is 1. The van der Waals surface area contributed by atoms with Crippen LogP contribution in [0.1, 0.15) is 34.1 Å². The van der Waals surface area contributed by atoms with E-state index < -0.39 is 46.7 Å². The van der Waals surface area contributed by atoms with Gasteiger partial charge in [-0.15, -0.1) is 0 Å². The third-order valence-corrected chi connectivity index (χ3v) is 3.31. The fraction of sp³-hybridized carbons (Fsp3) is 0.714. The Kier molecular flexibility index (Phi) is 5.70. The largest absolute Gasteiger partial charge is 0.477 e. The standard InChI is InChI=1S/C14H23N3O6/c1-9-11(20)17(8-10(18)19,12(21)16-9)7-5-6-15-13(22)23-14(2,3)4/h9H,5-8H2,1-4H3,(H2-,15,16,18,19,21,22)/p+1. The number of carbonyl (C=O) groups is 4. The van der Waals surface area contributed by atoms with Crippen molar-refractivity contribution in [2.75, 3.05) is 19.6 Å². The number of carbonyl (C=O) groups excluding carboxylic acids is 3. The van der Waals surface area contributed by atoms with Crippen molar-refractivity contribution >= 4 is 24.0 Å². The molecule has 0 aliphatic carbocycles. The van der Waals surface area contributed by atoms with Gasteiger partial charge in [-0.05, 0) is 27.7 Å². The number of hydrogen-bond donors (Lipinski definition) is 3. The summed E-state index contributed by atoms with van der Waals surface area (Å²) in [6.45, 7) is 6.26. The molecule has 0 saturated carbocycles. The van der Waals surface area contributed by atoms with Crippen LogP contribution in [-0.2, 0) is 14.3 Å². The number of alkyl carbamates (subject to hydrolysis) is 1. The predicted molar refractivity (Wildman–Crippen MR) is 79.5 cm³/mol. The molecule has 2 atom stereocenters. The summed E-state index contributed by atoms with van der Waals surface area (Å²) in [7, 11) is 0. The quantitative estimate of drug-likeness (QED) is 0.369. The summed E-state index contributed by atoms with van der Waals surface area (Å²) in [4.78, 5) is 46.8. The average molecular weight is 330 g/mol. The summed E-state index contributed by atoms with van der Waals surface area (Å²) in [5, 5.41) is 14.0. The van der Waals surface area contributed by atoms with Crippen molar-refractivity contribution in [3.8, 4) is 0 Å². The van der Waals surface area contributed by atoms with Crippen LogP contribution in [0.25, 0.3) is 0 Å². The molecule has 130 valence electrons. The second kappa shape index (κ2) is 6.95. The minimum atomic E-state index is -1.23. The van der Waals surface area contributed by atoms with Crippen molar-refractivity contribution in [1.82, 2.24) is 10.6 Å². The summed E-state index contributed by atoms with van der Waals surface area (Å²) < 4.78 is 4.28. The Morgan fingerprint density at radius 3 is 2.39 bits per heavy atom. The Balaban J connectivity index is 2.61. The van der Waals surface area contributed by atoms with E-state index in [1.54, 1.807) is 20.8 Å². The van der Waals surface area contributed by atoms with E-state index >= 15 is 0 Å². The number of nitrogens with zero attached hydrogens (tertiary/aromatic N) is 1. The lowest BCUT2D eigenvalue weighted by Gasteiger charge is -2.25. The van der Waals surface area contributed by atoms with Crippen LogP contribution < -0.4 is 10.6 Å². The van der Waals surface area contributed by atoms with E-state index in [0.717, 1.165) is 0 Å². The number of imide groups is 1. The van der Waals surface area contributed by atoms with Gasteiger partial charge in [-0.1, -0.05) is 0 Å². The lowest BCUT2D eigenvalue weighted by Crippen LogP contribution is -2.57. The molecule has 3 N–H and O–H groups in total. The molecule has 9 nitrogen and oxygen atoms in total. The molecule has 1 rings (SSSR count). The number of aliphatic carboxylic acids is 1. The molecular formula is C14H24N3O6+. The summed E-state index contributed by atoms with van der Waals surface area (Å²) in [5.41, 5.74) is -0.624. The van der Waals surface area contributed by atoms with E-state index in [0.29, 0.717) is 0 Å². The lowest BCUT2D eigenvalue weighted by atomic mass is 10.2. The number of urea groups is 1. The number of ether oxygens (including phenoxy) is 1. The van der Waals surface area contributed by atoms with Gasteiger partial charge >= 0.3 is 24.0 Å². The first kappa shape index (κ1) is 18.9. The summed E-state index contributed by atoms with van der Waals surface area (Å²) >= 11 is 0. The van der Waals surface area contributed by atoms with Gasteiger partial charge in [0, 0.05) is 13.0 Å². The number of amides is 4. The van der Waals surface area contributed by atoms with E-state index in [-0.39, 0.29) is 19.5 Å². The van der Waals surface area contributed by atoms with Gasteiger partial charge in [0.1, 0.15) is 11.6 Å². The molecule has 23 heavy (non-hydrogen) atoms. The zero-order chi connectivity index (χ0) is 17.8. The van der Waals surface area contributed by atoms with E-state index in [4.69, 9.17) is 9.84 Å². The van der Waals surface area contributed by atoms with E-state index in [9.17, 15) is 19.2 Å². The van der Waals surface area contributed by atoms with Crippen LogP contribution in [0.2, 0.25) is 0 Å². The fourth-order valence-corrected chi connectivity index (χ4v) is 2.37. The third kappa shape index (κ3) is 4.92. The molecule has 0 spiro atoms. The monoisotopic (exact) mass is 330 g/mol. The van der Waals surface area contributed by atoms with Gasteiger partial charge in [0.2, 0.25) is 0 Å². The normalized spacial score (nSPS) is 24.3. The first-order chi connectivity index (χ1) is 10.5. The van der Waals surface area contributed by atoms with E-state index in [2.05, 4.69) is 10.6 Å². The van der Waals surface area contributed by atoms with Gasteiger partial charge in [-0.2, -0.15) is 4.48 Å². The Bertz CT molecular complexity index is 513. The number of carboxylic acid groups (broad SMARTS) is 1. The SMILES string of the molecule is CC1NC(=O)[N+](CCCNC(=O)OC(C)(C)C)(CC(=O)O)C1=O. The molecule has 0 radical (unpaired) electrons. The molecule has 2 unspecified atom stereocenters. The van der Waals surface area contributed by atoms with Crippen LogP contribution in [-0.4, -0.2) is 64.9 Å². The van der Waals surface area contributed by atoms with Crippen LogP contribution in [0, 0.1) is 0 Å². The van der Waals surface area contributed by atoms with Gasteiger partial charge in [0.15, 0.2) is 6.54 Å². The number of rotatable bonds is 6. The molecule has 0 aromatic heterocycles. The van der Waals surface area contributed by atoms with Crippen molar-refractivity contribution in [3.05, 3.63) is 0 Å². The highest BCUT2D eigenvalue weighted by molar-refractivity contribution is 5.96. The Labute approximate surface area is 134 Å². The first-order valence-electron chi connectivity index (χ1n) is 7.39. The molecule has 1 heterocycles. The molecule has 1 aliphatic heterocycles. The van der Waals surface area contributed by atoms with Gasteiger partial charge in [-0.3, -0.25) is 5.32 Å². The van der Waals surface area contributed by atoms with Gasteiger partial charge in [0.25, 0.3) is 0 Å². The van der Waals surface area contributed by atoms with Gasteiger partial charge in [0.05, 0.1) is 6.54 Å². The molecule has 0 aromatic carbocycles. The molecule has 1 aliphatic rings. The predicted octanol–water partition coefficient (Wildman–Crippen LogP) is 0.441. The van der Waals surface area contributed by atoms with Crippen molar-refractivity contribution in [2.45, 2.75) is 45.8 Å². The second-order valence-electron chi connectivity index (χ2n) is 6.53. The summed E-state index contributed by atoms with van der Waals surface area (Å²) in [6.07, 6.45) is -0.342. The molecule has 1 fully saturated rings. The van der Waals surface area contributed by atoms with E-state index in [1.807, 2.05) is 0 Å². The van der Waals surface area contributed by atoms with Crippen molar-refractivity contribution in [2.24, 2.45) is 0 Å². The van der Waals surface area contributed by atoms with Crippen molar-refractivity contribution < 1.29 is 33.5 Å². The highest BCUT2D eigenvalue weighted by atomic mass is 16.6. The van der Waals surface area contributed by atoms with Crippen LogP contribution in [0.3, 0.4) is 0 Å². The number of nitrogens with one attached hydrogen (secondary N) is 2. The number of hydrogen-bond acceptors (Lipinski definition) is 5. The Morgan fingerprint density at radius 1 is 1.35 bits per heavy atom. The molecule has 0 bridgehead atoms. The third-order valence-electron chi connectivity index (χ3n) is 3.31. The van der Waals surface area contributed by atoms with Gasteiger partial charge in [-0.25, -0.2) is 19.2 Å². The summed E-state index contributed by atoms with van der Waals surface area (Å²) in [5.74, 6) is -1.71. The first-order valence-corrected chi connectivity index (χ1v) is 7.39. The maximum absolute atomic E-state index is 12.2. The topological polar surface area (TPSA) is 122 Å². The highest BCUT2D eigenvalue weighted by Gasteiger charge is 2.55. The second-order valence-corrected chi connectivity index (χ2v) is 6.53. The molecular weight excluding hydrogens is 306 g/mol. The fourth-order valence-electron chi connectivity index (χ4n) is 2.37. The van der Waals surface area contributed by atoms with Gasteiger partial charge < -0.3 is 15.2 Å². The highest BCUT2D eigenvalue weighted by Crippen LogP contribution is 2.19. The average Bonchev–Trinajstić information content (AvgIpc) is 2.57. The van der Waals surface area contributed by atoms with Crippen LogP contribution in [0.5, 0.6) is 0 Å². The molecule has 1 saturated heterocycles. The number of quaternary nitrogens is 1. The van der Waals surface area contributed by atoms with Crippen molar-refractivity contribution in [1.29, 1.82) is 0 Å². The van der Waals surface area contributed by atoms with Crippen LogP contribution in [0.15, 0.2) is 0 Å².